The molecule has 6 heteroatoms. The molecule has 5 nitrogen and oxygen atoms in total. The fraction of sp³-hybridized carbons (Fsp3) is 0.381. The number of phenols is 1. The van der Waals surface area contributed by atoms with Crippen molar-refractivity contribution in [2.75, 3.05) is 26.7 Å². The van der Waals surface area contributed by atoms with Crippen LogP contribution in [0.1, 0.15) is 24.5 Å². The smallest absolute Gasteiger partial charge is 0.191 e. The van der Waals surface area contributed by atoms with Crippen LogP contribution < -0.4 is 15.4 Å². The molecule has 0 aliphatic heterocycles. The zero-order valence-corrected chi connectivity index (χ0v) is 18.4. The maximum absolute atomic E-state index is 9.31. The van der Waals surface area contributed by atoms with E-state index in [2.05, 4.69) is 28.6 Å². The van der Waals surface area contributed by atoms with E-state index in [0.29, 0.717) is 5.75 Å². The molecule has 0 unspecified atom stereocenters. The van der Waals surface area contributed by atoms with E-state index < -0.39 is 0 Å². The van der Waals surface area contributed by atoms with Gasteiger partial charge in [-0.15, -0.1) is 24.0 Å². The molecule has 0 radical (unpaired) electrons. The second-order valence-corrected chi connectivity index (χ2v) is 6.02. The predicted molar refractivity (Wildman–Crippen MR) is 123 cm³/mol. The number of ether oxygens (including phenoxy) is 1. The molecule has 0 atom stereocenters. The number of nitrogens with one attached hydrogen (secondary N) is 2. The van der Waals surface area contributed by atoms with Gasteiger partial charge in [0.1, 0.15) is 11.5 Å². The number of aromatic hydroxyl groups is 1. The predicted octanol–water partition coefficient (Wildman–Crippen LogP) is 3.75. The Morgan fingerprint density at radius 3 is 2.48 bits per heavy atom. The average Bonchev–Trinajstić information content (AvgIpc) is 2.67. The van der Waals surface area contributed by atoms with Crippen LogP contribution in [0.3, 0.4) is 0 Å². The minimum atomic E-state index is 0. The molecule has 0 bridgehead atoms. The highest BCUT2D eigenvalue weighted by atomic mass is 127. The van der Waals surface area contributed by atoms with Crippen molar-refractivity contribution in [1.29, 1.82) is 0 Å². The molecule has 0 spiro atoms. The zero-order valence-electron chi connectivity index (χ0n) is 16.1. The number of halogens is 1. The molecule has 0 amide bonds. The van der Waals surface area contributed by atoms with Crippen molar-refractivity contribution in [3.63, 3.8) is 0 Å². The Hall–Kier alpha value is -1.96. The van der Waals surface area contributed by atoms with E-state index in [1.165, 1.54) is 11.1 Å². The van der Waals surface area contributed by atoms with Crippen LogP contribution in [0.5, 0.6) is 11.5 Å². The maximum Gasteiger partial charge on any atom is 0.191 e. The number of hydrogen-bond acceptors (Lipinski definition) is 3. The van der Waals surface area contributed by atoms with E-state index in [1.807, 2.05) is 30.3 Å². The van der Waals surface area contributed by atoms with Crippen LogP contribution >= 0.6 is 24.0 Å². The number of rotatable bonds is 9. The van der Waals surface area contributed by atoms with Crippen LogP contribution in [0, 0.1) is 0 Å². The molecule has 27 heavy (non-hydrogen) atoms. The van der Waals surface area contributed by atoms with Gasteiger partial charge in [0.05, 0.1) is 7.11 Å². The summed E-state index contributed by atoms with van der Waals surface area (Å²) < 4.78 is 5.39. The number of para-hydroxylation sites is 1. The van der Waals surface area contributed by atoms with Crippen LogP contribution in [-0.4, -0.2) is 37.8 Å². The van der Waals surface area contributed by atoms with Crippen molar-refractivity contribution in [3.8, 4) is 11.5 Å². The van der Waals surface area contributed by atoms with Gasteiger partial charge in [-0.25, -0.2) is 0 Å². The van der Waals surface area contributed by atoms with Crippen LogP contribution in [0.4, 0.5) is 0 Å². The summed E-state index contributed by atoms with van der Waals surface area (Å²) in [6.07, 6.45) is 2.79. The number of nitrogens with zero attached hydrogens (tertiary/aromatic N) is 1. The van der Waals surface area contributed by atoms with Gasteiger partial charge in [0.25, 0.3) is 0 Å². The topological polar surface area (TPSA) is 65.9 Å². The Labute approximate surface area is 179 Å². The average molecular weight is 483 g/mol. The van der Waals surface area contributed by atoms with E-state index in [1.54, 1.807) is 19.2 Å². The lowest BCUT2D eigenvalue weighted by Crippen LogP contribution is -2.38. The van der Waals surface area contributed by atoms with Gasteiger partial charge in [-0.3, -0.25) is 4.99 Å². The van der Waals surface area contributed by atoms with E-state index in [9.17, 15) is 5.11 Å². The summed E-state index contributed by atoms with van der Waals surface area (Å²) in [4.78, 5) is 4.63. The highest BCUT2D eigenvalue weighted by Gasteiger charge is 2.02. The molecule has 0 aliphatic carbocycles. The van der Waals surface area contributed by atoms with Crippen LogP contribution in [0.2, 0.25) is 0 Å². The third-order valence-electron chi connectivity index (χ3n) is 4.05. The molecule has 148 valence electrons. The highest BCUT2D eigenvalue weighted by molar-refractivity contribution is 14.0. The van der Waals surface area contributed by atoms with Crippen molar-refractivity contribution >= 4 is 29.9 Å². The molecule has 2 rings (SSSR count). The first-order chi connectivity index (χ1) is 12.7. The molecular weight excluding hydrogens is 453 g/mol. The van der Waals surface area contributed by atoms with Gasteiger partial charge in [-0.1, -0.05) is 30.3 Å². The van der Waals surface area contributed by atoms with E-state index in [4.69, 9.17) is 4.74 Å². The number of aliphatic imine (C=N–C) groups is 1. The summed E-state index contributed by atoms with van der Waals surface area (Å²) >= 11 is 0. The first-order valence-electron chi connectivity index (χ1n) is 9.15. The van der Waals surface area contributed by atoms with Gasteiger partial charge in [-0.2, -0.15) is 0 Å². The molecule has 0 saturated carbocycles. The molecular formula is C21H30IN3O2. The van der Waals surface area contributed by atoms with Crippen molar-refractivity contribution in [2.24, 2.45) is 4.99 Å². The quantitative estimate of drug-likeness (QED) is 0.220. The second-order valence-electron chi connectivity index (χ2n) is 6.02. The molecule has 0 saturated heterocycles. The number of guanidine groups is 1. The van der Waals surface area contributed by atoms with Crippen LogP contribution in [-0.2, 0) is 12.8 Å². The number of methoxy groups -OCH3 is 1. The summed E-state index contributed by atoms with van der Waals surface area (Å²) in [5.41, 5.74) is 2.40. The second kappa shape index (κ2) is 13.2. The summed E-state index contributed by atoms with van der Waals surface area (Å²) in [6.45, 7) is 4.45. The number of aryl methyl sites for hydroxylation is 1. The SMILES string of the molecule is CCNC(=NCCCc1ccc(O)cc1)NCCc1ccccc1OC.I. The molecule has 3 N–H and O–H groups in total. The lowest BCUT2D eigenvalue weighted by molar-refractivity contribution is 0.409. The van der Waals surface area contributed by atoms with Crippen molar-refractivity contribution in [2.45, 2.75) is 26.2 Å². The lowest BCUT2D eigenvalue weighted by Gasteiger charge is -2.12. The van der Waals surface area contributed by atoms with Crippen molar-refractivity contribution in [1.82, 2.24) is 10.6 Å². The first kappa shape index (κ1) is 23.1. The third kappa shape index (κ3) is 8.51. The molecule has 0 aliphatic rings. The van der Waals surface area contributed by atoms with Gasteiger partial charge < -0.3 is 20.5 Å². The van der Waals surface area contributed by atoms with E-state index in [-0.39, 0.29) is 24.0 Å². The standard InChI is InChI=1S/C21H29N3O2.HI/c1-3-22-21(23-15-6-7-17-10-12-19(25)13-11-17)24-16-14-18-8-4-5-9-20(18)26-2;/h4-5,8-13,25H,3,6-7,14-16H2,1-2H3,(H2,22,23,24);1H. The Balaban J connectivity index is 0.00000364. The van der Waals surface area contributed by atoms with Gasteiger partial charge in [0, 0.05) is 19.6 Å². The summed E-state index contributed by atoms with van der Waals surface area (Å²) in [6, 6.07) is 15.4. The number of benzene rings is 2. The van der Waals surface area contributed by atoms with Crippen LogP contribution in [0.15, 0.2) is 53.5 Å². The number of hydrogen-bond donors (Lipinski definition) is 3. The van der Waals surface area contributed by atoms with E-state index in [0.717, 1.165) is 50.6 Å². The molecule has 0 aromatic heterocycles. The fourth-order valence-corrected chi connectivity index (χ4v) is 2.70. The summed E-state index contributed by atoms with van der Waals surface area (Å²) in [7, 11) is 1.70. The first-order valence-corrected chi connectivity index (χ1v) is 9.15. The van der Waals surface area contributed by atoms with Crippen molar-refractivity contribution in [3.05, 3.63) is 59.7 Å². The fourth-order valence-electron chi connectivity index (χ4n) is 2.70. The van der Waals surface area contributed by atoms with Crippen LogP contribution in [0.25, 0.3) is 0 Å². The van der Waals surface area contributed by atoms with Gasteiger partial charge >= 0.3 is 0 Å². The molecule has 0 heterocycles. The van der Waals surface area contributed by atoms with Gasteiger partial charge in [-0.05, 0) is 55.5 Å². The minimum Gasteiger partial charge on any atom is -0.508 e. The highest BCUT2D eigenvalue weighted by Crippen LogP contribution is 2.17. The summed E-state index contributed by atoms with van der Waals surface area (Å²) in [5.74, 6) is 2.07. The molecule has 0 fully saturated rings. The molecule has 2 aromatic carbocycles. The van der Waals surface area contributed by atoms with Gasteiger partial charge in [0.15, 0.2) is 5.96 Å². The zero-order chi connectivity index (χ0) is 18.6. The third-order valence-corrected chi connectivity index (χ3v) is 4.05. The van der Waals surface area contributed by atoms with E-state index >= 15 is 0 Å². The maximum atomic E-state index is 9.31. The number of phenolic OH excluding ortho intramolecular Hbond substituents is 1. The largest absolute Gasteiger partial charge is 0.508 e. The summed E-state index contributed by atoms with van der Waals surface area (Å²) in [5, 5.41) is 16.0. The normalized spacial score (nSPS) is 10.8. The Bertz CT molecular complexity index is 690. The van der Waals surface area contributed by atoms with Gasteiger partial charge in [0.2, 0.25) is 0 Å². The monoisotopic (exact) mass is 483 g/mol. The molecule has 2 aromatic rings. The minimum absolute atomic E-state index is 0. The Morgan fingerprint density at radius 1 is 1.04 bits per heavy atom. The van der Waals surface area contributed by atoms with Crippen molar-refractivity contribution < 1.29 is 9.84 Å². The lowest BCUT2D eigenvalue weighted by atomic mass is 10.1. The Kier molecular flexibility index (Phi) is 11.3. The Morgan fingerprint density at radius 2 is 1.78 bits per heavy atom.